The zero-order valence-electron chi connectivity index (χ0n) is 16.7. The standard InChI is InChI=1S/C21H32N4O2/c1-15-5-4-8-21(2,3)16(15)6-11-25-12-7-17(19(26)14-25)24-20(27)18-13-22-9-10-23-18/h9-10,13,17,19,26H,4-8,11-12,14H2,1-3H3,(H,24,27)/t17-,19-/m1/s1. The van der Waals surface area contributed by atoms with Crippen molar-refractivity contribution in [1.82, 2.24) is 20.2 Å². The maximum Gasteiger partial charge on any atom is 0.271 e. The van der Waals surface area contributed by atoms with Gasteiger partial charge < -0.3 is 15.3 Å². The number of aliphatic hydroxyl groups is 1. The molecule has 2 atom stereocenters. The van der Waals surface area contributed by atoms with Gasteiger partial charge in [0.2, 0.25) is 0 Å². The number of aliphatic hydroxyl groups excluding tert-OH is 1. The fourth-order valence-corrected chi connectivity index (χ4v) is 4.52. The highest BCUT2D eigenvalue weighted by Gasteiger charge is 2.31. The van der Waals surface area contributed by atoms with Crippen molar-refractivity contribution in [3.8, 4) is 0 Å². The van der Waals surface area contributed by atoms with Crippen molar-refractivity contribution in [2.45, 2.75) is 65.0 Å². The molecule has 1 aliphatic carbocycles. The zero-order chi connectivity index (χ0) is 19.4. The van der Waals surface area contributed by atoms with Crippen LogP contribution in [0, 0.1) is 5.41 Å². The molecule has 1 saturated heterocycles. The van der Waals surface area contributed by atoms with E-state index in [0.717, 1.165) is 25.9 Å². The van der Waals surface area contributed by atoms with Crippen molar-refractivity contribution in [3.05, 3.63) is 35.4 Å². The van der Waals surface area contributed by atoms with Gasteiger partial charge in [-0.05, 0) is 44.4 Å². The average Bonchev–Trinajstić information content (AvgIpc) is 2.63. The lowest BCUT2D eigenvalue weighted by atomic mass is 9.71. The summed E-state index contributed by atoms with van der Waals surface area (Å²) >= 11 is 0. The number of carbonyl (C=O) groups excluding carboxylic acids is 1. The number of hydrogen-bond acceptors (Lipinski definition) is 5. The van der Waals surface area contributed by atoms with Crippen LogP contribution >= 0.6 is 0 Å². The number of carbonyl (C=O) groups is 1. The van der Waals surface area contributed by atoms with E-state index < -0.39 is 6.10 Å². The maximum atomic E-state index is 12.2. The summed E-state index contributed by atoms with van der Waals surface area (Å²) in [6, 6.07) is -0.233. The van der Waals surface area contributed by atoms with E-state index in [4.69, 9.17) is 0 Å². The van der Waals surface area contributed by atoms with Gasteiger partial charge in [-0.3, -0.25) is 9.78 Å². The van der Waals surface area contributed by atoms with Crippen LogP contribution in [0.3, 0.4) is 0 Å². The molecule has 0 radical (unpaired) electrons. The first kappa shape index (κ1) is 20.0. The van der Waals surface area contributed by atoms with Gasteiger partial charge in [-0.25, -0.2) is 4.98 Å². The largest absolute Gasteiger partial charge is 0.390 e. The van der Waals surface area contributed by atoms with Gasteiger partial charge in [0.1, 0.15) is 5.69 Å². The summed E-state index contributed by atoms with van der Waals surface area (Å²) in [6.07, 6.45) is 9.50. The topological polar surface area (TPSA) is 78.4 Å². The van der Waals surface area contributed by atoms with Crippen LogP contribution < -0.4 is 5.32 Å². The second-order valence-corrected chi connectivity index (χ2v) is 8.57. The summed E-state index contributed by atoms with van der Waals surface area (Å²) in [5.41, 5.74) is 3.73. The van der Waals surface area contributed by atoms with Crippen LogP contribution in [0.2, 0.25) is 0 Å². The summed E-state index contributed by atoms with van der Waals surface area (Å²) < 4.78 is 0. The molecule has 2 aliphatic rings. The van der Waals surface area contributed by atoms with E-state index in [0.29, 0.717) is 12.0 Å². The Bertz CT molecular complexity index is 687. The Labute approximate surface area is 162 Å². The highest BCUT2D eigenvalue weighted by Crippen LogP contribution is 2.41. The molecule has 0 spiro atoms. The number of allylic oxidation sites excluding steroid dienone is 1. The first-order valence-electron chi connectivity index (χ1n) is 10.0. The number of nitrogens with zero attached hydrogens (tertiary/aromatic N) is 3. The van der Waals surface area contributed by atoms with Gasteiger partial charge in [0.15, 0.2) is 0 Å². The molecule has 27 heavy (non-hydrogen) atoms. The minimum atomic E-state index is -0.561. The first-order chi connectivity index (χ1) is 12.9. The lowest BCUT2D eigenvalue weighted by Crippen LogP contribution is -2.54. The SMILES string of the molecule is CC1=C(CCN2CC[C@@H](NC(=O)c3cnccn3)[C@H](O)C2)C(C)(C)CCC1. The van der Waals surface area contributed by atoms with E-state index >= 15 is 0 Å². The first-order valence-corrected chi connectivity index (χ1v) is 10.0. The fourth-order valence-electron chi connectivity index (χ4n) is 4.52. The van der Waals surface area contributed by atoms with E-state index in [2.05, 4.69) is 41.0 Å². The molecule has 0 aromatic carbocycles. The minimum Gasteiger partial charge on any atom is -0.390 e. The third-order valence-corrected chi connectivity index (χ3v) is 6.14. The highest BCUT2D eigenvalue weighted by atomic mass is 16.3. The lowest BCUT2D eigenvalue weighted by molar-refractivity contribution is 0.0377. The molecule has 1 aromatic rings. The van der Waals surface area contributed by atoms with Crippen LogP contribution in [0.1, 0.15) is 63.4 Å². The number of amides is 1. The third-order valence-electron chi connectivity index (χ3n) is 6.14. The summed E-state index contributed by atoms with van der Waals surface area (Å²) in [7, 11) is 0. The van der Waals surface area contributed by atoms with Gasteiger partial charge in [-0.1, -0.05) is 25.0 Å². The number of nitrogens with one attached hydrogen (secondary N) is 1. The van der Waals surface area contributed by atoms with Crippen LogP contribution in [-0.4, -0.2) is 57.7 Å². The van der Waals surface area contributed by atoms with E-state index in [1.54, 1.807) is 11.1 Å². The monoisotopic (exact) mass is 372 g/mol. The number of rotatable bonds is 5. The molecule has 6 nitrogen and oxygen atoms in total. The van der Waals surface area contributed by atoms with Gasteiger partial charge in [0.25, 0.3) is 5.91 Å². The third kappa shape index (κ3) is 4.93. The molecule has 1 aromatic heterocycles. The summed E-state index contributed by atoms with van der Waals surface area (Å²) in [5, 5.41) is 13.4. The summed E-state index contributed by atoms with van der Waals surface area (Å²) in [4.78, 5) is 22.5. The van der Waals surface area contributed by atoms with Crippen LogP contribution in [-0.2, 0) is 0 Å². The number of aromatic nitrogens is 2. The molecular formula is C21H32N4O2. The summed E-state index contributed by atoms with van der Waals surface area (Å²) in [5.74, 6) is -0.273. The van der Waals surface area contributed by atoms with Crippen molar-refractivity contribution in [1.29, 1.82) is 0 Å². The smallest absolute Gasteiger partial charge is 0.271 e. The lowest BCUT2D eigenvalue weighted by Gasteiger charge is -2.39. The Morgan fingerprint density at radius 3 is 2.89 bits per heavy atom. The van der Waals surface area contributed by atoms with Crippen LogP contribution in [0.5, 0.6) is 0 Å². The minimum absolute atomic E-state index is 0.233. The predicted octanol–water partition coefficient (Wildman–Crippen LogP) is 2.56. The van der Waals surface area contributed by atoms with E-state index in [9.17, 15) is 9.90 Å². The van der Waals surface area contributed by atoms with Crippen molar-refractivity contribution in [2.24, 2.45) is 5.41 Å². The van der Waals surface area contributed by atoms with Crippen molar-refractivity contribution < 1.29 is 9.90 Å². The molecule has 0 saturated carbocycles. The van der Waals surface area contributed by atoms with Gasteiger partial charge in [-0.2, -0.15) is 0 Å². The Kier molecular flexibility index (Phi) is 6.27. The molecule has 1 aliphatic heterocycles. The molecule has 0 bridgehead atoms. The Hall–Kier alpha value is -1.79. The van der Waals surface area contributed by atoms with Crippen LogP contribution in [0.25, 0.3) is 0 Å². The Balaban J connectivity index is 1.51. The number of β-amino-alcohol motifs (C(OH)–C–C–N with tert-alkyl or cyclic N) is 1. The highest BCUT2D eigenvalue weighted by molar-refractivity contribution is 5.92. The fraction of sp³-hybridized carbons (Fsp3) is 0.667. The van der Waals surface area contributed by atoms with E-state index in [1.165, 1.54) is 37.9 Å². The van der Waals surface area contributed by atoms with Crippen LogP contribution in [0.4, 0.5) is 0 Å². The van der Waals surface area contributed by atoms with E-state index in [1.807, 2.05) is 0 Å². The molecule has 1 amide bonds. The molecule has 6 heteroatoms. The number of piperidine rings is 1. The molecule has 1 fully saturated rings. The second-order valence-electron chi connectivity index (χ2n) is 8.57. The summed E-state index contributed by atoms with van der Waals surface area (Å²) in [6.45, 7) is 9.44. The molecule has 3 rings (SSSR count). The van der Waals surface area contributed by atoms with Gasteiger partial charge in [0, 0.05) is 32.0 Å². The molecule has 2 N–H and O–H groups in total. The maximum absolute atomic E-state index is 12.2. The van der Waals surface area contributed by atoms with Gasteiger partial charge in [-0.15, -0.1) is 0 Å². The molecule has 148 valence electrons. The van der Waals surface area contributed by atoms with Crippen LogP contribution in [0.15, 0.2) is 29.7 Å². The van der Waals surface area contributed by atoms with Crippen molar-refractivity contribution in [3.63, 3.8) is 0 Å². The average molecular weight is 373 g/mol. The van der Waals surface area contributed by atoms with Gasteiger partial charge >= 0.3 is 0 Å². The Morgan fingerprint density at radius 2 is 2.22 bits per heavy atom. The van der Waals surface area contributed by atoms with Gasteiger partial charge in [0.05, 0.1) is 18.3 Å². The molecule has 0 unspecified atom stereocenters. The molecular weight excluding hydrogens is 340 g/mol. The second kappa shape index (κ2) is 8.48. The van der Waals surface area contributed by atoms with E-state index in [-0.39, 0.29) is 17.6 Å². The van der Waals surface area contributed by atoms with Crippen molar-refractivity contribution in [2.75, 3.05) is 19.6 Å². The Morgan fingerprint density at radius 1 is 1.41 bits per heavy atom. The number of hydrogen-bond donors (Lipinski definition) is 2. The predicted molar refractivity (Wildman–Crippen MR) is 105 cm³/mol. The zero-order valence-corrected chi connectivity index (χ0v) is 16.7. The quantitative estimate of drug-likeness (QED) is 0.777. The normalized spacial score (nSPS) is 26.1. The number of likely N-dealkylation sites (tertiary alicyclic amines) is 1. The van der Waals surface area contributed by atoms with Crippen molar-refractivity contribution >= 4 is 5.91 Å². The molecule has 2 heterocycles.